The number of fused-ring (bicyclic) bond motifs is 1. The van der Waals surface area contributed by atoms with Gasteiger partial charge in [-0.1, -0.05) is 29.3 Å². The molecule has 0 amide bonds. The van der Waals surface area contributed by atoms with Gasteiger partial charge in [-0.25, -0.2) is 0 Å². The van der Waals surface area contributed by atoms with Crippen LogP contribution in [-0.2, 0) is 0 Å². The predicted molar refractivity (Wildman–Crippen MR) is 83.0 cm³/mol. The summed E-state index contributed by atoms with van der Waals surface area (Å²) in [6.45, 7) is 2.01. The van der Waals surface area contributed by atoms with Crippen molar-refractivity contribution >= 4 is 22.6 Å². The minimum Gasteiger partial charge on any atom is -0.496 e. The minimum absolute atomic E-state index is 0.443. The summed E-state index contributed by atoms with van der Waals surface area (Å²) in [6, 6.07) is 13.0. The minimum atomic E-state index is -0.971. The van der Waals surface area contributed by atoms with Crippen LogP contribution in [0.5, 0.6) is 5.75 Å². The molecule has 1 heterocycles. The number of hydrogen-bond acceptors (Lipinski definition) is 3. The maximum Gasteiger partial charge on any atom is 0.142 e. The molecule has 1 atom stereocenters. The summed E-state index contributed by atoms with van der Waals surface area (Å²) in [5.41, 5.74) is 2.39. The van der Waals surface area contributed by atoms with E-state index < -0.39 is 6.10 Å². The lowest BCUT2D eigenvalue weighted by Gasteiger charge is -2.14. The van der Waals surface area contributed by atoms with Crippen molar-refractivity contribution in [3.8, 4) is 5.75 Å². The third-order valence-electron chi connectivity index (χ3n) is 3.47. The van der Waals surface area contributed by atoms with Crippen LogP contribution in [0.15, 0.2) is 46.9 Å². The van der Waals surface area contributed by atoms with Gasteiger partial charge in [0, 0.05) is 10.9 Å². The molecule has 0 bridgehead atoms. The first-order valence-corrected chi connectivity index (χ1v) is 6.98. The number of hydrogen-bond donors (Lipinski definition) is 1. The Balaban J connectivity index is 2.10. The van der Waals surface area contributed by atoms with E-state index in [1.54, 1.807) is 25.3 Å². The summed E-state index contributed by atoms with van der Waals surface area (Å²) in [4.78, 5) is 0. The van der Waals surface area contributed by atoms with E-state index in [4.69, 9.17) is 20.8 Å². The second kappa shape index (κ2) is 5.43. The first-order valence-electron chi connectivity index (χ1n) is 6.60. The average molecular weight is 303 g/mol. The molecule has 108 valence electrons. The number of aliphatic hydroxyl groups is 1. The molecule has 0 fully saturated rings. The van der Waals surface area contributed by atoms with Crippen molar-refractivity contribution in [2.45, 2.75) is 13.0 Å². The molecule has 0 saturated heterocycles. The molecule has 1 unspecified atom stereocenters. The van der Waals surface area contributed by atoms with E-state index in [1.165, 1.54) is 0 Å². The Labute approximate surface area is 127 Å². The number of furan rings is 1. The summed E-state index contributed by atoms with van der Waals surface area (Å²) >= 11 is 6.20. The van der Waals surface area contributed by atoms with Gasteiger partial charge in [-0.2, -0.15) is 0 Å². The Morgan fingerprint density at radius 2 is 2.00 bits per heavy atom. The normalized spacial score (nSPS) is 12.6. The maximum absolute atomic E-state index is 10.6. The summed E-state index contributed by atoms with van der Waals surface area (Å²) in [5, 5.41) is 12.0. The van der Waals surface area contributed by atoms with Crippen LogP contribution in [0.3, 0.4) is 0 Å². The number of methoxy groups -OCH3 is 1. The fraction of sp³-hybridized carbons (Fsp3) is 0.176. The molecule has 0 spiro atoms. The Morgan fingerprint density at radius 1 is 1.19 bits per heavy atom. The maximum atomic E-state index is 10.6. The van der Waals surface area contributed by atoms with E-state index in [-0.39, 0.29) is 0 Å². The summed E-state index contributed by atoms with van der Waals surface area (Å²) in [5.74, 6) is 0.980. The van der Waals surface area contributed by atoms with E-state index in [9.17, 15) is 5.11 Å². The monoisotopic (exact) mass is 302 g/mol. The van der Waals surface area contributed by atoms with Crippen LogP contribution < -0.4 is 4.74 Å². The van der Waals surface area contributed by atoms with Crippen LogP contribution in [-0.4, -0.2) is 12.2 Å². The van der Waals surface area contributed by atoms with E-state index in [2.05, 4.69) is 0 Å². The topological polar surface area (TPSA) is 42.6 Å². The Kier molecular flexibility index (Phi) is 3.62. The third-order valence-corrected chi connectivity index (χ3v) is 3.80. The van der Waals surface area contributed by atoms with Crippen molar-refractivity contribution in [3.05, 3.63) is 64.4 Å². The molecule has 3 rings (SSSR count). The predicted octanol–water partition coefficient (Wildman–Crippen LogP) is 4.48. The van der Waals surface area contributed by atoms with Crippen molar-refractivity contribution in [1.29, 1.82) is 0 Å². The van der Waals surface area contributed by atoms with E-state index >= 15 is 0 Å². The molecule has 3 aromatic rings. The van der Waals surface area contributed by atoms with Crippen LogP contribution >= 0.6 is 11.6 Å². The number of halogens is 1. The highest BCUT2D eigenvalue weighted by Gasteiger charge is 2.22. The first kappa shape index (κ1) is 14.0. The molecule has 0 radical (unpaired) electrons. The molecule has 0 aliphatic carbocycles. The highest BCUT2D eigenvalue weighted by molar-refractivity contribution is 6.31. The average Bonchev–Trinajstić information content (AvgIpc) is 2.89. The van der Waals surface area contributed by atoms with E-state index in [0.717, 1.165) is 16.5 Å². The quantitative estimate of drug-likeness (QED) is 0.775. The Bertz CT molecular complexity index is 792. The zero-order chi connectivity index (χ0) is 15.0. The van der Waals surface area contributed by atoms with Crippen molar-refractivity contribution < 1.29 is 14.3 Å². The molecule has 2 aromatic carbocycles. The zero-order valence-corrected chi connectivity index (χ0v) is 12.5. The van der Waals surface area contributed by atoms with Gasteiger partial charge in [-0.05, 0) is 37.3 Å². The Hall–Kier alpha value is -1.97. The van der Waals surface area contributed by atoms with Gasteiger partial charge in [0.1, 0.15) is 23.2 Å². The van der Waals surface area contributed by atoms with Gasteiger partial charge >= 0.3 is 0 Å². The van der Waals surface area contributed by atoms with Gasteiger partial charge in [0.15, 0.2) is 0 Å². The van der Waals surface area contributed by atoms with Gasteiger partial charge < -0.3 is 14.3 Å². The molecule has 0 aliphatic rings. The van der Waals surface area contributed by atoms with Crippen LogP contribution in [0.25, 0.3) is 11.0 Å². The second-order valence-corrected chi connectivity index (χ2v) is 5.36. The molecular formula is C17H15ClO3. The molecule has 1 N–H and O–H groups in total. The third kappa shape index (κ3) is 2.50. The van der Waals surface area contributed by atoms with Crippen molar-refractivity contribution in [1.82, 2.24) is 0 Å². The second-order valence-electron chi connectivity index (χ2n) is 4.95. The Morgan fingerprint density at radius 3 is 2.76 bits per heavy atom. The number of aryl methyl sites for hydroxylation is 1. The number of benzene rings is 2. The first-order chi connectivity index (χ1) is 10.1. The highest BCUT2D eigenvalue weighted by atomic mass is 35.5. The molecule has 0 saturated carbocycles. The van der Waals surface area contributed by atoms with E-state index in [0.29, 0.717) is 22.1 Å². The molecular weight excluding hydrogens is 288 g/mol. The lowest BCUT2D eigenvalue weighted by Crippen LogP contribution is -2.02. The van der Waals surface area contributed by atoms with Crippen LogP contribution in [0.4, 0.5) is 0 Å². The van der Waals surface area contributed by atoms with E-state index in [1.807, 2.05) is 31.2 Å². The van der Waals surface area contributed by atoms with Gasteiger partial charge in [0.05, 0.1) is 12.1 Å². The number of rotatable bonds is 3. The van der Waals surface area contributed by atoms with Crippen molar-refractivity contribution in [2.24, 2.45) is 0 Å². The summed E-state index contributed by atoms with van der Waals surface area (Å²) in [7, 11) is 1.55. The number of ether oxygens (including phenoxy) is 1. The highest BCUT2D eigenvalue weighted by Crippen LogP contribution is 2.37. The van der Waals surface area contributed by atoms with Crippen molar-refractivity contribution in [2.75, 3.05) is 7.11 Å². The molecule has 1 aromatic heterocycles. The van der Waals surface area contributed by atoms with Crippen LogP contribution in [0.2, 0.25) is 5.02 Å². The fourth-order valence-corrected chi connectivity index (χ4v) is 2.69. The SMILES string of the molecule is COc1cccc(Cl)c1C(O)c1cc2cc(C)ccc2o1. The largest absolute Gasteiger partial charge is 0.496 e. The van der Waals surface area contributed by atoms with Crippen LogP contribution in [0, 0.1) is 6.92 Å². The molecule has 21 heavy (non-hydrogen) atoms. The van der Waals surface area contributed by atoms with Gasteiger partial charge in [-0.15, -0.1) is 0 Å². The smallest absolute Gasteiger partial charge is 0.142 e. The standard InChI is InChI=1S/C17H15ClO3/c1-10-6-7-13-11(8-10)9-15(21-13)17(19)16-12(18)4-3-5-14(16)20-2/h3-9,17,19H,1-2H3. The van der Waals surface area contributed by atoms with Gasteiger partial charge in [0.2, 0.25) is 0 Å². The lowest BCUT2D eigenvalue weighted by molar-refractivity contribution is 0.188. The molecule has 4 heteroatoms. The summed E-state index contributed by atoms with van der Waals surface area (Å²) < 4.78 is 11.0. The van der Waals surface area contributed by atoms with Gasteiger partial charge in [0.25, 0.3) is 0 Å². The van der Waals surface area contributed by atoms with Crippen molar-refractivity contribution in [3.63, 3.8) is 0 Å². The zero-order valence-electron chi connectivity index (χ0n) is 11.8. The van der Waals surface area contributed by atoms with Gasteiger partial charge in [-0.3, -0.25) is 0 Å². The lowest BCUT2D eigenvalue weighted by atomic mass is 10.1. The summed E-state index contributed by atoms with van der Waals surface area (Å²) in [6.07, 6.45) is -0.971. The molecule has 3 nitrogen and oxygen atoms in total. The van der Waals surface area contributed by atoms with Crippen LogP contribution in [0.1, 0.15) is 23.0 Å². The number of aliphatic hydroxyl groups excluding tert-OH is 1. The molecule has 0 aliphatic heterocycles. The fourth-order valence-electron chi connectivity index (χ4n) is 2.42.